The summed E-state index contributed by atoms with van der Waals surface area (Å²) in [6, 6.07) is 8.38. The second kappa shape index (κ2) is 7.31. The number of oxazole rings is 1. The van der Waals surface area contributed by atoms with Crippen LogP contribution in [-0.2, 0) is 6.54 Å². The molecule has 0 atom stereocenters. The van der Waals surface area contributed by atoms with E-state index in [2.05, 4.69) is 40.7 Å². The fraction of sp³-hybridized carbons (Fsp3) is 0.471. The normalized spacial score (nSPS) is 16.6. The van der Waals surface area contributed by atoms with Crippen LogP contribution < -0.4 is 5.32 Å². The van der Waals surface area contributed by atoms with E-state index in [0.29, 0.717) is 0 Å². The van der Waals surface area contributed by atoms with Crippen LogP contribution >= 0.6 is 11.8 Å². The molecule has 1 fully saturated rings. The van der Waals surface area contributed by atoms with Gasteiger partial charge in [0.15, 0.2) is 0 Å². The maximum Gasteiger partial charge on any atom is 0.226 e. The molecule has 1 saturated heterocycles. The highest BCUT2D eigenvalue weighted by Crippen LogP contribution is 2.25. The first kappa shape index (κ1) is 15.6. The Bertz CT molecular complexity index is 601. The predicted molar refractivity (Wildman–Crippen MR) is 91.2 cm³/mol. The molecular weight excluding hydrogens is 294 g/mol. The minimum absolute atomic E-state index is 0.730. The summed E-state index contributed by atoms with van der Waals surface area (Å²) in [7, 11) is 0. The zero-order valence-electron chi connectivity index (χ0n) is 13.3. The number of nitrogens with zero attached hydrogens (tertiary/aromatic N) is 2. The molecule has 0 spiro atoms. The Kier molecular flexibility index (Phi) is 5.18. The van der Waals surface area contributed by atoms with Crippen molar-refractivity contribution >= 4 is 11.8 Å². The van der Waals surface area contributed by atoms with Gasteiger partial charge in [-0.25, -0.2) is 4.98 Å². The van der Waals surface area contributed by atoms with Gasteiger partial charge in [0.1, 0.15) is 5.76 Å². The number of aromatic nitrogens is 1. The molecule has 2 aromatic rings. The van der Waals surface area contributed by atoms with Gasteiger partial charge in [-0.05, 0) is 57.0 Å². The topological polar surface area (TPSA) is 41.3 Å². The number of hydrogen-bond acceptors (Lipinski definition) is 5. The first-order valence-corrected chi connectivity index (χ1v) is 9.02. The van der Waals surface area contributed by atoms with Gasteiger partial charge < -0.3 is 9.73 Å². The van der Waals surface area contributed by atoms with E-state index < -0.39 is 0 Å². The summed E-state index contributed by atoms with van der Waals surface area (Å²) < 4.78 is 5.89. The Balaban J connectivity index is 1.74. The molecule has 0 bridgehead atoms. The smallest absolute Gasteiger partial charge is 0.226 e. The van der Waals surface area contributed by atoms with E-state index in [0.717, 1.165) is 55.6 Å². The van der Waals surface area contributed by atoms with Crippen molar-refractivity contribution in [3.05, 3.63) is 35.7 Å². The molecule has 5 heteroatoms. The summed E-state index contributed by atoms with van der Waals surface area (Å²) >= 11 is 1.74. The van der Waals surface area contributed by atoms with Crippen molar-refractivity contribution in [2.24, 2.45) is 0 Å². The van der Waals surface area contributed by atoms with E-state index in [-0.39, 0.29) is 0 Å². The van der Waals surface area contributed by atoms with Gasteiger partial charge in [0.05, 0.1) is 5.69 Å². The zero-order valence-corrected chi connectivity index (χ0v) is 14.1. The molecule has 0 radical (unpaired) electrons. The number of nitrogens with one attached hydrogen (secondary N) is 1. The summed E-state index contributed by atoms with van der Waals surface area (Å²) in [4.78, 5) is 8.43. The number of rotatable bonds is 4. The zero-order chi connectivity index (χ0) is 15.4. The molecule has 4 nitrogen and oxygen atoms in total. The van der Waals surface area contributed by atoms with Gasteiger partial charge in [-0.3, -0.25) is 4.90 Å². The Hall–Kier alpha value is -1.30. The largest absolute Gasteiger partial charge is 0.441 e. The van der Waals surface area contributed by atoms with Crippen LogP contribution in [0.1, 0.15) is 17.9 Å². The minimum atomic E-state index is 0.730. The lowest BCUT2D eigenvalue weighted by Gasteiger charge is -2.17. The van der Waals surface area contributed by atoms with Crippen molar-refractivity contribution in [2.75, 3.05) is 32.4 Å². The number of aryl methyl sites for hydroxylation is 1. The van der Waals surface area contributed by atoms with E-state index in [9.17, 15) is 0 Å². The second-order valence-electron chi connectivity index (χ2n) is 5.63. The third-order valence-corrected chi connectivity index (χ3v) is 4.78. The van der Waals surface area contributed by atoms with E-state index in [1.165, 1.54) is 11.3 Å². The van der Waals surface area contributed by atoms with Crippen molar-refractivity contribution in [3.63, 3.8) is 0 Å². The molecule has 3 rings (SSSR count). The van der Waals surface area contributed by atoms with E-state index in [1.54, 1.807) is 11.8 Å². The first-order chi connectivity index (χ1) is 10.8. The fourth-order valence-corrected chi connectivity index (χ4v) is 3.11. The van der Waals surface area contributed by atoms with Gasteiger partial charge in [0.2, 0.25) is 5.89 Å². The molecule has 0 amide bonds. The van der Waals surface area contributed by atoms with Crippen LogP contribution in [0.15, 0.2) is 33.6 Å². The van der Waals surface area contributed by atoms with Crippen LogP contribution in [0.4, 0.5) is 0 Å². The Morgan fingerprint density at radius 1 is 1.23 bits per heavy atom. The quantitative estimate of drug-likeness (QED) is 0.877. The Morgan fingerprint density at radius 2 is 2.05 bits per heavy atom. The highest BCUT2D eigenvalue weighted by Gasteiger charge is 2.16. The molecule has 2 heterocycles. The van der Waals surface area contributed by atoms with E-state index in [1.807, 2.05) is 6.92 Å². The lowest BCUT2D eigenvalue weighted by atomic mass is 10.2. The molecule has 0 saturated carbocycles. The summed E-state index contributed by atoms with van der Waals surface area (Å²) in [5, 5.41) is 3.43. The summed E-state index contributed by atoms with van der Waals surface area (Å²) in [6.07, 6.45) is 3.28. The molecular formula is C17H23N3OS. The third kappa shape index (κ3) is 3.72. The minimum Gasteiger partial charge on any atom is -0.441 e. The van der Waals surface area contributed by atoms with Crippen molar-refractivity contribution < 1.29 is 4.42 Å². The summed E-state index contributed by atoms with van der Waals surface area (Å²) in [6.45, 7) is 7.25. The van der Waals surface area contributed by atoms with E-state index >= 15 is 0 Å². The van der Waals surface area contributed by atoms with Crippen LogP contribution in [0, 0.1) is 6.92 Å². The Labute approximate surface area is 136 Å². The molecule has 1 aliphatic heterocycles. The molecule has 118 valence electrons. The Morgan fingerprint density at radius 3 is 2.82 bits per heavy atom. The maximum atomic E-state index is 5.89. The second-order valence-corrected chi connectivity index (χ2v) is 6.51. The molecule has 1 aliphatic rings. The highest BCUT2D eigenvalue weighted by atomic mass is 32.2. The average Bonchev–Trinajstić information content (AvgIpc) is 2.75. The third-order valence-electron chi connectivity index (χ3n) is 4.04. The maximum absolute atomic E-state index is 5.89. The monoisotopic (exact) mass is 317 g/mol. The van der Waals surface area contributed by atoms with Crippen LogP contribution in [0.3, 0.4) is 0 Å². The average molecular weight is 317 g/mol. The SMILES string of the molecule is CSc1ccc(-c2nc(CN3CCCNCC3)c(C)o2)cc1. The van der Waals surface area contributed by atoms with Gasteiger partial charge in [0, 0.05) is 30.1 Å². The van der Waals surface area contributed by atoms with Crippen molar-refractivity contribution in [1.82, 2.24) is 15.2 Å². The number of hydrogen-bond donors (Lipinski definition) is 1. The standard InChI is InChI=1S/C17H23N3OS/c1-13-16(12-20-10-3-8-18-9-11-20)19-17(21-13)14-4-6-15(22-2)7-5-14/h4-7,18H,3,8-12H2,1-2H3. The van der Waals surface area contributed by atoms with Gasteiger partial charge in [-0.2, -0.15) is 0 Å². The van der Waals surface area contributed by atoms with Crippen molar-refractivity contribution in [2.45, 2.75) is 24.8 Å². The molecule has 0 aliphatic carbocycles. The highest BCUT2D eigenvalue weighted by molar-refractivity contribution is 7.98. The fourth-order valence-electron chi connectivity index (χ4n) is 2.70. The number of benzene rings is 1. The molecule has 22 heavy (non-hydrogen) atoms. The van der Waals surface area contributed by atoms with E-state index in [4.69, 9.17) is 9.40 Å². The van der Waals surface area contributed by atoms with Gasteiger partial charge in [0.25, 0.3) is 0 Å². The molecule has 1 N–H and O–H groups in total. The summed E-state index contributed by atoms with van der Waals surface area (Å²) in [5.41, 5.74) is 2.11. The van der Waals surface area contributed by atoms with Gasteiger partial charge >= 0.3 is 0 Å². The number of thioether (sulfide) groups is 1. The van der Waals surface area contributed by atoms with Gasteiger partial charge in [-0.1, -0.05) is 0 Å². The van der Waals surface area contributed by atoms with Crippen LogP contribution in [0.2, 0.25) is 0 Å². The van der Waals surface area contributed by atoms with Crippen LogP contribution in [0.25, 0.3) is 11.5 Å². The van der Waals surface area contributed by atoms with Crippen LogP contribution in [0.5, 0.6) is 0 Å². The first-order valence-electron chi connectivity index (χ1n) is 7.80. The van der Waals surface area contributed by atoms with Gasteiger partial charge in [-0.15, -0.1) is 11.8 Å². The lowest BCUT2D eigenvalue weighted by Crippen LogP contribution is -2.28. The van der Waals surface area contributed by atoms with Crippen molar-refractivity contribution in [1.29, 1.82) is 0 Å². The predicted octanol–water partition coefficient (Wildman–Crippen LogP) is 3.17. The lowest BCUT2D eigenvalue weighted by molar-refractivity contribution is 0.280. The molecule has 1 aromatic heterocycles. The van der Waals surface area contributed by atoms with Crippen LogP contribution in [-0.4, -0.2) is 42.3 Å². The summed E-state index contributed by atoms with van der Waals surface area (Å²) in [5.74, 6) is 1.66. The van der Waals surface area contributed by atoms with Crippen molar-refractivity contribution in [3.8, 4) is 11.5 Å². The molecule has 0 unspecified atom stereocenters. The molecule has 1 aromatic carbocycles.